The Labute approximate surface area is 198 Å². The average molecular weight is 491 g/mol. The molecule has 0 heterocycles. The second-order valence-electron chi connectivity index (χ2n) is 7.30. The lowest BCUT2D eigenvalue weighted by atomic mass is 10.1. The van der Waals surface area contributed by atoms with Gasteiger partial charge in [0, 0.05) is 27.2 Å². The minimum absolute atomic E-state index is 0.0669. The van der Waals surface area contributed by atoms with Gasteiger partial charge >= 0.3 is 0 Å². The van der Waals surface area contributed by atoms with Gasteiger partial charge in [0.2, 0.25) is 0 Å². The molecule has 1 amide bonds. The summed E-state index contributed by atoms with van der Waals surface area (Å²) in [5, 5.41) is 0.138. The highest BCUT2D eigenvalue weighted by molar-refractivity contribution is 7.92. The molecule has 6 nitrogen and oxygen atoms in total. The second kappa shape index (κ2) is 10.8. The van der Waals surface area contributed by atoms with Crippen LogP contribution in [0, 0.1) is 5.82 Å². The van der Waals surface area contributed by atoms with Crippen molar-refractivity contribution in [3.63, 3.8) is 0 Å². The Morgan fingerprint density at radius 2 is 1.70 bits per heavy atom. The molecule has 3 aromatic carbocycles. The molecule has 0 bridgehead atoms. The summed E-state index contributed by atoms with van der Waals surface area (Å²) in [6.07, 6.45) is 0. The number of methoxy groups -OCH3 is 1. The number of halogens is 2. The lowest BCUT2D eigenvalue weighted by molar-refractivity contribution is 0.0680. The number of amides is 1. The Balaban J connectivity index is 1.94. The highest BCUT2D eigenvalue weighted by atomic mass is 35.5. The maximum Gasteiger partial charge on any atom is 0.264 e. The van der Waals surface area contributed by atoms with Crippen LogP contribution >= 0.6 is 11.6 Å². The van der Waals surface area contributed by atoms with Crippen LogP contribution < -0.4 is 4.31 Å². The Bertz CT molecular complexity index is 1200. The summed E-state index contributed by atoms with van der Waals surface area (Å²) < 4.78 is 45.8. The summed E-state index contributed by atoms with van der Waals surface area (Å²) in [5.41, 5.74) is 1.26. The Kier molecular flexibility index (Phi) is 8.07. The van der Waals surface area contributed by atoms with Crippen LogP contribution in [0.5, 0.6) is 0 Å². The molecule has 0 unspecified atom stereocenters. The lowest BCUT2D eigenvalue weighted by Crippen LogP contribution is -2.34. The van der Waals surface area contributed by atoms with Crippen LogP contribution in [0.4, 0.5) is 10.1 Å². The maximum atomic E-state index is 13.4. The Hall–Kier alpha value is -2.94. The molecule has 0 radical (unpaired) electrons. The number of hydrogen-bond acceptors (Lipinski definition) is 4. The maximum absolute atomic E-state index is 13.4. The molecular formula is C24H24ClFN2O4S. The van der Waals surface area contributed by atoms with Crippen LogP contribution in [-0.4, -0.2) is 46.5 Å². The Morgan fingerprint density at radius 1 is 1.03 bits per heavy atom. The first-order valence-corrected chi connectivity index (χ1v) is 11.9. The molecule has 3 rings (SSSR count). The van der Waals surface area contributed by atoms with Gasteiger partial charge in [0.25, 0.3) is 15.9 Å². The number of sulfonamides is 1. The number of ether oxygens (including phenoxy) is 1. The van der Waals surface area contributed by atoms with E-state index in [9.17, 15) is 17.6 Å². The van der Waals surface area contributed by atoms with Gasteiger partial charge in [-0.1, -0.05) is 41.9 Å². The van der Waals surface area contributed by atoms with E-state index in [1.165, 1.54) is 56.6 Å². The van der Waals surface area contributed by atoms with Crippen molar-refractivity contribution in [1.29, 1.82) is 0 Å². The molecule has 33 heavy (non-hydrogen) atoms. The zero-order chi connectivity index (χ0) is 24.0. The smallest absolute Gasteiger partial charge is 0.264 e. The first-order chi connectivity index (χ1) is 15.7. The van der Waals surface area contributed by atoms with Gasteiger partial charge in [-0.15, -0.1) is 0 Å². The number of rotatable bonds is 9. The SMILES string of the molecule is COCCN(Cc1ccccc1)C(=O)c1cc(S(=O)(=O)N(C)c2ccc(F)cc2)ccc1Cl. The number of nitrogens with zero attached hydrogens (tertiary/aromatic N) is 2. The van der Waals surface area contributed by atoms with E-state index in [1.54, 1.807) is 4.90 Å². The third-order valence-corrected chi connectivity index (χ3v) is 7.20. The first-order valence-electron chi connectivity index (χ1n) is 10.1. The van der Waals surface area contributed by atoms with Gasteiger partial charge in [-0.25, -0.2) is 12.8 Å². The van der Waals surface area contributed by atoms with E-state index in [4.69, 9.17) is 16.3 Å². The summed E-state index contributed by atoms with van der Waals surface area (Å²) in [6.45, 7) is 0.917. The summed E-state index contributed by atoms with van der Waals surface area (Å²) in [5.74, 6) is -0.888. The van der Waals surface area contributed by atoms with E-state index >= 15 is 0 Å². The monoisotopic (exact) mass is 490 g/mol. The minimum Gasteiger partial charge on any atom is -0.383 e. The fraction of sp³-hybridized carbons (Fsp3) is 0.208. The molecule has 0 aliphatic carbocycles. The largest absolute Gasteiger partial charge is 0.383 e. The summed E-state index contributed by atoms with van der Waals surface area (Å²) in [6, 6.07) is 18.5. The van der Waals surface area contributed by atoms with Crippen molar-refractivity contribution in [3.05, 3.63) is 94.8 Å². The van der Waals surface area contributed by atoms with Crippen molar-refractivity contribution in [2.45, 2.75) is 11.4 Å². The zero-order valence-corrected chi connectivity index (χ0v) is 19.8. The van der Waals surface area contributed by atoms with Gasteiger partial charge < -0.3 is 9.64 Å². The van der Waals surface area contributed by atoms with E-state index in [1.807, 2.05) is 30.3 Å². The van der Waals surface area contributed by atoms with Gasteiger partial charge in [-0.3, -0.25) is 9.10 Å². The number of anilines is 1. The predicted molar refractivity (Wildman–Crippen MR) is 126 cm³/mol. The first kappa shape index (κ1) is 24.7. The topological polar surface area (TPSA) is 66.9 Å². The fourth-order valence-corrected chi connectivity index (χ4v) is 4.63. The van der Waals surface area contributed by atoms with Gasteiger partial charge in [-0.2, -0.15) is 0 Å². The van der Waals surface area contributed by atoms with Crippen molar-refractivity contribution in [2.24, 2.45) is 0 Å². The molecule has 0 fully saturated rings. The molecular weight excluding hydrogens is 467 g/mol. The molecule has 0 saturated heterocycles. The Morgan fingerprint density at radius 3 is 2.33 bits per heavy atom. The van der Waals surface area contributed by atoms with Crippen LogP contribution in [0.15, 0.2) is 77.7 Å². The number of hydrogen-bond donors (Lipinski definition) is 0. The van der Waals surface area contributed by atoms with Crippen molar-refractivity contribution >= 4 is 33.2 Å². The van der Waals surface area contributed by atoms with Crippen LogP contribution in [0.25, 0.3) is 0 Å². The van der Waals surface area contributed by atoms with Crippen LogP contribution in [0.3, 0.4) is 0 Å². The highest BCUT2D eigenvalue weighted by Crippen LogP contribution is 2.27. The van der Waals surface area contributed by atoms with E-state index in [0.717, 1.165) is 9.87 Å². The zero-order valence-electron chi connectivity index (χ0n) is 18.2. The van der Waals surface area contributed by atoms with Gasteiger partial charge in [0.1, 0.15) is 5.82 Å². The number of carbonyl (C=O) groups excluding carboxylic acids is 1. The van der Waals surface area contributed by atoms with Crippen molar-refractivity contribution < 1.29 is 22.3 Å². The van der Waals surface area contributed by atoms with Crippen molar-refractivity contribution in [2.75, 3.05) is 31.6 Å². The van der Waals surface area contributed by atoms with E-state index in [-0.39, 0.29) is 21.2 Å². The summed E-state index contributed by atoms with van der Waals surface area (Å²) >= 11 is 6.31. The van der Waals surface area contributed by atoms with Gasteiger partial charge in [-0.05, 0) is 48.0 Å². The van der Waals surface area contributed by atoms with Gasteiger partial charge in [0.05, 0.1) is 27.8 Å². The molecule has 9 heteroatoms. The molecule has 0 N–H and O–H groups in total. The molecule has 0 aliphatic heterocycles. The van der Waals surface area contributed by atoms with E-state index in [0.29, 0.717) is 19.7 Å². The average Bonchev–Trinajstić information content (AvgIpc) is 2.82. The fourth-order valence-electron chi connectivity index (χ4n) is 3.20. The standard InChI is InChI=1S/C24H24ClFN2O4S/c1-27(20-10-8-19(26)9-11-20)33(30,31)21-12-13-23(25)22(16-21)24(29)28(14-15-32-2)17-18-6-4-3-5-7-18/h3-13,16H,14-15,17H2,1-2H3. The normalized spacial score (nSPS) is 11.3. The summed E-state index contributed by atoms with van der Waals surface area (Å²) in [7, 11) is -1.12. The molecule has 0 aromatic heterocycles. The quantitative estimate of drug-likeness (QED) is 0.440. The molecule has 0 saturated carbocycles. The lowest BCUT2D eigenvalue weighted by Gasteiger charge is -2.24. The molecule has 3 aromatic rings. The van der Waals surface area contributed by atoms with Crippen molar-refractivity contribution in [1.82, 2.24) is 4.90 Å². The second-order valence-corrected chi connectivity index (χ2v) is 9.67. The molecule has 174 valence electrons. The minimum atomic E-state index is -4.02. The molecule has 0 atom stereocenters. The van der Waals surface area contributed by atoms with Gasteiger partial charge in [0.15, 0.2) is 0 Å². The summed E-state index contributed by atoms with van der Waals surface area (Å²) in [4.78, 5) is 14.8. The van der Waals surface area contributed by atoms with Crippen LogP contribution in [0.1, 0.15) is 15.9 Å². The molecule has 0 spiro atoms. The van der Waals surface area contributed by atoms with Crippen LogP contribution in [0.2, 0.25) is 5.02 Å². The number of carbonyl (C=O) groups is 1. The van der Waals surface area contributed by atoms with Crippen molar-refractivity contribution in [3.8, 4) is 0 Å². The van der Waals surface area contributed by atoms with E-state index < -0.39 is 21.7 Å². The third kappa shape index (κ3) is 5.90. The highest BCUT2D eigenvalue weighted by Gasteiger charge is 2.25. The number of benzene rings is 3. The van der Waals surface area contributed by atoms with Crippen LogP contribution in [-0.2, 0) is 21.3 Å². The molecule has 0 aliphatic rings. The van der Waals surface area contributed by atoms with E-state index in [2.05, 4.69) is 0 Å². The predicted octanol–water partition coefficient (Wildman–Crippen LogP) is 4.59. The third-order valence-electron chi connectivity index (χ3n) is 5.09.